The lowest BCUT2D eigenvalue weighted by molar-refractivity contribution is 0.564. The summed E-state index contributed by atoms with van der Waals surface area (Å²) in [5.74, 6) is 0. The van der Waals surface area contributed by atoms with Gasteiger partial charge < -0.3 is 9.45 Å². The first kappa shape index (κ1) is 11.6. The van der Waals surface area contributed by atoms with Gasteiger partial charge in [0.2, 0.25) is 0 Å². The summed E-state index contributed by atoms with van der Waals surface area (Å²) in [7, 11) is 0. The van der Waals surface area contributed by atoms with Gasteiger partial charge in [0.25, 0.3) is 0 Å². The Labute approximate surface area is 98.8 Å². The minimum Gasteiger partial charge on any atom is -0.370 e. The molecule has 0 amide bonds. The monoisotopic (exact) mass is 239 g/mol. The zero-order valence-corrected chi connectivity index (χ0v) is 10.1. The lowest BCUT2D eigenvalue weighted by Gasteiger charge is -2.24. The Morgan fingerprint density at radius 3 is 2.31 bits per heavy atom. The van der Waals surface area contributed by atoms with Crippen molar-refractivity contribution in [3.8, 4) is 0 Å². The minimum absolute atomic E-state index is 0.532. The van der Waals surface area contributed by atoms with Crippen molar-refractivity contribution in [1.29, 1.82) is 0 Å². The van der Waals surface area contributed by atoms with Crippen LogP contribution in [0.2, 0.25) is 0 Å². The minimum atomic E-state index is -1.89. The van der Waals surface area contributed by atoms with Crippen LogP contribution in [0.15, 0.2) is 29.2 Å². The maximum absolute atomic E-state index is 11.2. The van der Waals surface area contributed by atoms with Crippen LogP contribution in [-0.2, 0) is 11.1 Å². The lowest BCUT2D eigenvalue weighted by Crippen LogP contribution is -2.25. The van der Waals surface area contributed by atoms with E-state index in [1.807, 2.05) is 18.2 Å². The van der Waals surface area contributed by atoms with E-state index in [9.17, 15) is 8.76 Å². The average molecular weight is 239 g/mol. The quantitative estimate of drug-likeness (QED) is 0.807. The third-order valence-electron chi connectivity index (χ3n) is 3.00. The fourth-order valence-corrected chi connectivity index (χ4v) is 2.75. The van der Waals surface area contributed by atoms with Crippen LogP contribution < -0.4 is 4.90 Å². The lowest BCUT2D eigenvalue weighted by atomic mass is 10.2. The molecule has 0 bridgehead atoms. The van der Waals surface area contributed by atoms with Gasteiger partial charge in [0.05, 0.1) is 10.6 Å². The first-order chi connectivity index (χ1) is 7.79. The van der Waals surface area contributed by atoms with E-state index in [4.69, 9.17) is 0 Å². The molecule has 16 heavy (non-hydrogen) atoms. The van der Waals surface area contributed by atoms with Crippen LogP contribution in [0.3, 0.4) is 0 Å². The highest BCUT2D eigenvalue weighted by Crippen LogP contribution is 2.25. The number of nitrogens with zero attached hydrogens (tertiary/aromatic N) is 1. The van der Waals surface area contributed by atoms with E-state index in [2.05, 4.69) is 4.90 Å². The van der Waals surface area contributed by atoms with Crippen LogP contribution >= 0.6 is 0 Å². The van der Waals surface area contributed by atoms with Crippen LogP contribution in [0.4, 0.5) is 5.69 Å². The highest BCUT2D eigenvalue weighted by molar-refractivity contribution is 7.79. The van der Waals surface area contributed by atoms with Crippen molar-refractivity contribution in [3.63, 3.8) is 0 Å². The second-order valence-electron chi connectivity index (χ2n) is 4.12. The van der Waals surface area contributed by atoms with Gasteiger partial charge in [-0.3, -0.25) is 0 Å². The molecule has 1 unspecified atom stereocenters. The van der Waals surface area contributed by atoms with Crippen molar-refractivity contribution in [2.75, 3.05) is 18.0 Å². The number of rotatable bonds is 2. The summed E-state index contributed by atoms with van der Waals surface area (Å²) in [6.45, 7) is 1.99. The number of anilines is 1. The van der Waals surface area contributed by atoms with Crippen LogP contribution in [0, 0.1) is 0 Å². The largest absolute Gasteiger partial charge is 0.370 e. The second kappa shape index (κ2) is 5.46. The van der Waals surface area contributed by atoms with Gasteiger partial charge in [-0.2, -0.15) is 0 Å². The molecule has 0 radical (unpaired) electrons. The SMILES string of the molecule is O=S(O)c1ccccc1N1CCCCCC1. The Hall–Kier alpha value is -0.870. The molecule has 0 saturated carbocycles. The molecule has 1 aromatic rings. The van der Waals surface area contributed by atoms with Gasteiger partial charge in [0, 0.05) is 13.1 Å². The molecular formula is C12H17NO2S. The molecule has 3 nitrogen and oxygen atoms in total. The van der Waals surface area contributed by atoms with E-state index in [1.165, 1.54) is 25.7 Å². The molecule has 1 heterocycles. The van der Waals surface area contributed by atoms with Gasteiger partial charge in [-0.1, -0.05) is 25.0 Å². The predicted molar refractivity (Wildman–Crippen MR) is 66.2 cm³/mol. The van der Waals surface area contributed by atoms with Gasteiger partial charge in [-0.25, -0.2) is 4.21 Å². The molecule has 1 saturated heterocycles. The average Bonchev–Trinajstić information content (AvgIpc) is 2.57. The Balaban J connectivity index is 2.27. The van der Waals surface area contributed by atoms with E-state index in [1.54, 1.807) is 6.07 Å². The van der Waals surface area contributed by atoms with Gasteiger partial charge in [-0.15, -0.1) is 0 Å². The summed E-state index contributed by atoms with van der Waals surface area (Å²) < 4.78 is 20.5. The van der Waals surface area contributed by atoms with Gasteiger partial charge in [-0.05, 0) is 25.0 Å². The molecule has 0 aliphatic carbocycles. The number of hydrogen-bond donors (Lipinski definition) is 1. The summed E-state index contributed by atoms with van der Waals surface area (Å²) >= 11 is -1.89. The molecule has 2 rings (SSSR count). The summed E-state index contributed by atoms with van der Waals surface area (Å²) in [6.07, 6.45) is 4.88. The first-order valence-electron chi connectivity index (χ1n) is 5.74. The molecule has 1 aliphatic heterocycles. The summed E-state index contributed by atoms with van der Waals surface area (Å²) in [4.78, 5) is 2.76. The summed E-state index contributed by atoms with van der Waals surface area (Å²) in [5, 5.41) is 0. The maximum Gasteiger partial charge on any atom is 0.188 e. The normalized spacial score (nSPS) is 19.2. The molecule has 1 fully saturated rings. The fourth-order valence-electron chi connectivity index (χ4n) is 2.18. The van der Waals surface area contributed by atoms with Crippen molar-refractivity contribution in [1.82, 2.24) is 0 Å². The molecular weight excluding hydrogens is 222 g/mol. The summed E-state index contributed by atoms with van der Waals surface area (Å²) in [5.41, 5.74) is 0.922. The standard InChI is InChI=1S/C12H17NO2S/c14-16(15)12-8-4-3-7-11(12)13-9-5-1-2-6-10-13/h3-4,7-8H,1-2,5-6,9-10H2,(H,14,15). The predicted octanol–water partition coefficient (Wildman–Crippen LogP) is 2.65. The van der Waals surface area contributed by atoms with Gasteiger partial charge >= 0.3 is 0 Å². The van der Waals surface area contributed by atoms with E-state index < -0.39 is 11.1 Å². The highest BCUT2D eigenvalue weighted by Gasteiger charge is 2.15. The van der Waals surface area contributed by atoms with Crippen molar-refractivity contribution >= 4 is 16.8 Å². The van der Waals surface area contributed by atoms with Crippen molar-refractivity contribution in [2.45, 2.75) is 30.6 Å². The van der Waals surface area contributed by atoms with Crippen LogP contribution in [0.25, 0.3) is 0 Å². The van der Waals surface area contributed by atoms with Crippen molar-refractivity contribution in [2.24, 2.45) is 0 Å². The van der Waals surface area contributed by atoms with Crippen LogP contribution in [0.5, 0.6) is 0 Å². The van der Waals surface area contributed by atoms with E-state index in [0.717, 1.165) is 18.8 Å². The maximum atomic E-state index is 11.2. The number of benzene rings is 1. The molecule has 1 aliphatic rings. The van der Waals surface area contributed by atoms with Crippen LogP contribution in [-0.4, -0.2) is 21.9 Å². The van der Waals surface area contributed by atoms with E-state index >= 15 is 0 Å². The molecule has 0 aromatic heterocycles. The first-order valence-corrected chi connectivity index (χ1v) is 6.84. The summed E-state index contributed by atoms with van der Waals surface area (Å²) in [6, 6.07) is 7.41. The van der Waals surface area contributed by atoms with Gasteiger partial charge in [0.1, 0.15) is 0 Å². The Bertz CT molecular complexity index is 373. The van der Waals surface area contributed by atoms with Crippen molar-refractivity contribution in [3.05, 3.63) is 24.3 Å². The topological polar surface area (TPSA) is 40.5 Å². The van der Waals surface area contributed by atoms with Crippen LogP contribution in [0.1, 0.15) is 25.7 Å². The Morgan fingerprint density at radius 1 is 1.06 bits per heavy atom. The molecule has 4 heteroatoms. The zero-order chi connectivity index (χ0) is 11.4. The molecule has 0 spiro atoms. The third-order valence-corrected chi connectivity index (χ3v) is 3.72. The van der Waals surface area contributed by atoms with E-state index in [-0.39, 0.29) is 0 Å². The molecule has 1 atom stereocenters. The zero-order valence-electron chi connectivity index (χ0n) is 9.26. The molecule has 1 N–H and O–H groups in total. The second-order valence-corrected chi connectivity index (χ2v) is 5.06. The molecule has 88 valence electrons. The fraction of sp³-hybridized carbons (Fsp3) is 0.500. The van der Waals surface area contributed by atoms with E-state index in [0.29, 0.717) is 4.90 Å². The van der Waals surface area contributed by atoms with Gasteiger partial charge in [0.15, 0.2) is 11.1 Å². The highest BCUT2D eigenvalue weighted by atomic mass is 32.2. The Kier molecular flexibility index (Phi) is 3.96. The number of hydrogen-bond acceptors (Lipinski definition) is 2. The third kappa shape index (κ3) is 2.62. The smallest absolute Gasteiger partial charge is 0.188 e. The van der Waals surface area contributed by atoms with Crippen molar-refractivity contribution < 1.29 is 8.76 Å². The number of para-hydroxylation sites is 1. The molecule has 1 aromatic carbocycles. The Morgan fingerprint density at radius 2 is 1.69 bits per heavy atom.